The number of carbonyl (C=O) groups excluding carboxylic acids is 3. The van der Waals surface area contributed by atoms with Gasteiger partial charge in [0.25, 0.3) is 0 Å². The minimum Gasteiger partial charge on any atom is -0.493 e. The standard InChI is InChI=1S/C24H25ClN2O7/c1-4-32-21-16(25)11-15(12-18(21)31-3)22(28)34-13-17-19(23(29)33-5-2)20(27-24(30)26-17)14-9-7-6-8-10-14/h6-12,20H,4-5,13H2,1-3H3,(H2,26,27,30). The van der Waals surface area contributed by atoms with Crippen LogP contribution in [0.25, 0.3) is 0 Å². The zero-order valence-corrected chi connectivity index (χ0v) is 19.7. The van der Waals surface area contributed by atoms with Gasteiger partial charge >= 0.3 is 18.0 Å². The van der Waals surface area contributed by atoms with E-state index in [1.807, 2.05) is 6.07 Å². The molecule has 34 heavy (non-hydrogen) atoms. The van der Waals surface area contributed by atoms with Gasteiger partial charge in [-0.2, -0.15) is 0 Å². The van der Waals surface area contributed by atoms with Crippen molar-refractivity contribution in [2.24, 2.45) is 0 Å². The Morgan fingerprint density at radius 1 is 1.03 bits per heavy atom. The first-order chi connectivity index (χ1) is 16.4. The molecule has 0 fully saturated rings. The molecule has 0 radical (unpaired) electrons. The van der Waals surface area contributed by atoms with Gasteiger partial charge in [0.2, 0.25) is 0 Å². The van der Waals surface area contributed by atoms with Crippen molar-refractivity contribution in [3.05, 3.63) is 69.9 Å². The molecule has 1 aliphatic rings. The molecule has 0 saturated heterocycles. The molecule has 3 rings (SSSR count). The lowest BCUT2D eigenvalue weighted by Gasteiger charge is -2.29. The molecule has 1 unspecified atom stereocenters. The Bertz CT molecular complexity index is 1100. The second kappa shape index (κ2) is 11.4. The van der Waals surface area contributed by atoms with Crippen LogP contribution in [0.3, 0.4) is 0 Å². The number of esters is 2. The minimum absolute atomic E-state index is 0.114. The fourth-order valence-electron chi connectivity index (χ4n) is 3.42. The van der Waals surface area contributed by atoms with Crippen molar-refractivity contribution < 1.29 is 33.3 Å². The van der Waals surface area contributed by atoms with Gasteiger partial charge < -0.3 is 29.6 Å². The third-order valence-electron chi connectivity index (χ3n) is 4.88. The van der Waals surface area contributed by atoms with Gasteiger partial charge in [0.1, 0.15) is 6.61 Å². The maximum absolute atomic E-state index is 12.8. The van der Waals surface area contributed by atoms with Crippen LogP contribution in [-0.2, 0) is 14.3 Å². The molecule has 1 aliphatic heterocycles. The number of rotatable bonds is 9. The Morgan fingerprint density at radius 3 is 2.41 bits per heavy atom. The molecule has 2 amide bonds. The quantitative estimate of drug-likeness (QED) is 0.516. The number of nitrogens with one attached hydrogen (secondary N) is 2. The number of ether oxygens (including phenoxy) is 4. The van der Waals surface area contributed by atoms with E-state index in [0.717, 1.165) is 0 Å². The predicted molar refractivity (Wildman–Crippen MR) is 124 cm³/mol. The summed E-state index contributed by atoms with van der Waals surface area (Å²) in [6.07, 6.45) is 0. The third kappa shape index (κ3) is 5.60. The van der Waals surface area contributed by atoms with Crippen LogP contribution in [0.15, 0.2) is 53.7 Å². The zero-order valence-electron chi connectivity index (χ0n) is 19.0. The lowest BCUT2D eigenvalue weighted by molar-refractivity contribution is -0.139. The maximum atomic E-state index is 12.8. The average molecular weight is 489 g/mol. The van der Waals surface area contributed by atoms with E-state index in [1.54, 1.807) is 38.1 Å². The highest BCUT2D eigenvalue weighted by Gasteiger charge is 2.34. The first-order valence-electron chi connectivity index (χ1n) is 10.6. The first kappa shape index (κ1) is 24.9. The Kier molecular flexibility index (Phi) is 8.37. The van der Waals surface area contributed by atoms with Crippen molar-refractivity contribution in [1.82, 2.24) is 10.6 Å². The van der Waals surface area contributed by atoms with E-state index in [0.29, 0.717) is 17.9 Å². The molecule has 1 atom stereocenters. The predicted octanol–water partition coefficient (Wildman–Crippen LogP) is 3.78. The molecule has 10 heteroatoms. The number of carbonyl (C=O) groups is 3. The summed E-state index contributed by atoms with van der Waals surface area (Å²) in [5, 5.41) is 5.45. The fraction of sp³-hybridized carbons (Fsp3) is 0.292. The number of hydrogen-bond donors (Lipinski definition) is 2. The van der Waals surface area contributed by atoms with E-state index in [9.17, 15) is 14.4 Å². The zero-order chi connectivity index (χ0) is 24.7. The monoisotopic (exact) mass is 488 g/mol. The fourth-order valence-corrected chi connectivity index (χ4v) is 3.69. The summed E-state index contributed by atoms with van der Waals surface area (Å²) < 4.78 is 21.3. The van der Waals surface area contributed by atoms with Crippen LogP contribution in [0, 0.1) is 0 Å². The van der Waals surface area contributed by atoms with E-state index in [1.165, 1.54) is 19.2 Å². The molecule has 0 spiro atoms. The van der Waals surface area contributed by atoms with E-state index < -0.39 is 24.0 Å². The van der Waals surface area contributed by atoms with E-state index in [4.69, 9.17) is 30.5 Å². The summed E-state index contributed by atoms with van der Waals surface area (Å²) in [5.41, 5.74) is 1.05. The second-order valence-corrected chi connectivity index (χ2v) is 7.46. The van der Waals surface area contributed by atoms with Gasteiger partial charge in [-0.15, -0.1) is 0 Å². The number of amides is 2. The molecule has 1 heterocycles. The smallest absolute Gasteiger partial charge is 0.338 e. The number of methoxy groups -OCH3 is 1. The second-order valence-electron chi connectivity index (χ2n) is 7.05. The van der Waals surface area contributed by atoms with Crippen molar-refractivity contribution in [3.8, 4) is 11.5 Å². The van der Waals surface area contributed by atoms with Crippen LogP contribution >= 0.6 is 11.6 Å². The van der Waals surface area contributed by atoms with Crippen LogP contribution in [0.5, 0.6) is 11.5 Å². The van der Waals surface area contributed by atoms with Crippen LogP contribution in [0.2, 0.25) is 5.02 Å². The van der Waals surface area contributed by atoms with Gasteiger partial charge in [0, 0.05) is 0 Å². The molecule has 0 aromatic heterocycles. The number of halogens is 1. The van der Waals surface area contributed by atoms with Crippen LogP contribution < -0.4 is 20.1 Å². The van der Waals surface area contributed by atoms with Crippen molar-refractivity contribution in [1.29, 1.82) is 0 Å². The molecule has 2 aromatic rings. The molecule has 0 saturated carbocycles. The highest BCUT2D eigenvalue weighted by Crippen LogP contribution is 2.36. The Morgan fingerprint density at radius 2 is 1.76 bits per heavy atom. The van der Waals surface area contributed by atoms with Crippen LogP contribution in [-0.4, -0.2) is 44.9 Å². The molecular formula is C24H25ClN2O7. The molecular weight excluding hydrogens is 464 g/mol. The number of benzene rings is 2. The van der Waals surface area contributed by atoms with Gasteiger partial charge in [0.05, 0.1) is 48.2 Å². The Labute approximate surface area is 202 Å². The molecule has 9 nitrogen and oxygen atoms in total. The van der Waals surface area contributed by atoms with E-state index >= 15 is 0 Å². The lowest BCUT2D eigenvalue weighted by Crippen LogP contribution is -2.47. The largest absolute Gasteiger partial charge is 0.493 e. The molecule has 2 N–H and O–H groups in total. The SMILES string of the molecule is CCOC(=O)C1=C(COC(=O)c2cc(Cl)c(OCC)c(OC)c2)NC(=O)NC1c1ccccc1. The summed E-state index contributed by atoms with van der Waals surface area (Å²) in [7, 11) is 1.42. The number of urea groups is 1. The highest BCUT2D eigenvalue weighted by atomic mass is 35.5. The van der Waals surface area contributed by atoms with Crippen molar-refractivity contribution in [3.63, 3.8) is 0 Å². The normalized spacial score (nSPS) is 15.2. The topological polar surface area (TPSA) is 112 Å². The van der Waals surface area contributed by atoms with Gasteiger partial charge in [-0.25, -0.2) is 14.4 Å². The average Bonchev–Trinajstić information content (AvgIpc) is 2.83. The summed E-state index contributed by atoms with van der Waals surface area (Å²) in [6, 6.07) is 10.4. The highest BCUT2D eigenvalue weighted by molar-refractivity contribution is 6.32. The molecule has 180 valence electrons. The van der Waals surface area contributed by atoms with Crippen molar-refractivity contribution in [2.45, 2.75) is 19.9 Å². The first-order valence-corrected chi connectivity index (χ1v) is 11.0. The molecule has 2 aromatic carbocycles. The van der Waals surface area contributed by atoms with E-state index in [-0.39, 0.29) is 40.8 Å². The van der Waals surface area contributed by atoms with Crippen LogP contribution in [0.4, 0.5) is 4.79 Å². The van der Waals surface area contributed by atoms with Gasteiger partial charge in [-0.05, 0) is 31.5 Å². The molecule has 0 aliphatic carbocycles. The summed E-state index contributed by atoms with van der Waals surface area (Å²) >= 11 is 6.24. The Hall–Kier alpha value is -3.72. The molecule has 0 bridgehead atoms. The maximum Gasteiger partial charge on any atom is 0.338 e. The van der Waals surface area contributed by atoms with E-state index in [2.05, 4.69) is 10.6 Å². The lowest BCUT2D eigenvalue weighted by atomic mass is 9.95. The number of hydrogen-bond acceptors (Lipinski definition) is 7. The van der Waals surface area contributed by atoms with Gasteiger partial charge in [-0.1, -0.05) is 41.9 Å². The minimum atomic E-state index is -0.775. The van der Waals surface area contributed by atoms with Gasteiger partial charge in [0.15, 0.2) is 11.5 Å². The third-order valence-corrected chi connectivity index (χ3v) is 5.16. The van der Waals surface area contributed by atoms with Crippen molar-refractivity contribution >= 4 is 29.6 Å². The van der Waals surface area contributed by atoms with Gasteiger partial charge in [-0.3, -0.25) is 0 Å². The summed E-state index contributed by atoms with van der Waals surface area (Å²) in [5.74, 6) is -0.789. The van der Waals surface area contributed by atoms with Crippen molar-refractivity contribution in [2.75, 3.05) is 26.9 Å². The van der Waals surface area contributed by atoms with Crippen LogP contribution in [0.1, 0.15) is 35.8 Å². The summed E-state index contributed by atoms with van der Waals surface area (Å²) in [6.45, 7) is 3.59. The summed E-state index contributed by atoms with van der Waals surface area (Å²) in [4.78, 5) is 37.9. The Balaban J connectivity index is 1.90.